The second-order valence-electron chi connectivity index (χ2n) is 6.35. The average Bonchev–Trinajstić information content (AvgIpc) is 2.78. The van der Waals surface area contributed by atoms with Crippen LogP contribution in [0.25, 0.3) is 0 Å². The van der Waals surface area contributed by atoms with E-state index < -0.39 is 23.8 Å². The summed E-state index contributed by atoms with van der Waals surface area (Å²) >= 11 is 0. The first-order valence-electron chi connectivity index (χ1n) is 7.90. The van der Waals surface area contributed by atoms with Gasteiger partial charge in [0.1, 0.15) is 6.04 Å². The van der Waals surface area contributed by atoms with Gasteiger partial charge in [-0.25, -0.2) is 0 Å². The van der Waals surface area contributed by atoms with Gasteiger partial charge in [-0.2, -0.15) is 0 Å². The average molecular weight is 329 g/mol. The molecular formula is C17H19N3O4. The van der Waals surface area contributed by atoms with E-state index in [0.717, 1.165) is 9.80 Å². The number of nitrogens with one attached hydrogen (secondary N) is 1. The van der Waals surface area contributed by atoms with Gasteiger partial charge in [0.2, 0.25) is 5.91 Å². The van der Waals surface area contributed by atoms with Gasteiger partial charge in [-0.15, -0.1) is 0 Å². The molecule has 7 nitrogen and oxygen atoms in total. The smallest absolute Gasteiger partial charge is 0.264 e. The van der Waals surface area contributed by atoms with Gasteiger partial charge in [0.25, 0.3) is 17.7 Å². The minimum atomic E-state index is -0.924. The fourth-order valence-electron chi connectivity index (χ4n) is 3.16. The standard InChI is InChI=1S/C17H19N3O4/c1-9(2)18-11-6-4-5-10-14(11)17(24)20(15(10)22)12-7-8-13(21)19(3)16(12)23/h4-6,9,12,18H,7-8H2,1-3H3. The molecule has 1 aromatic rings. The van der Waals surface area contributed by atoms with Gasteiger partial charge in [0.05, 0.1) is 11.1 Å². The van der Waals surface area contributed by atoms with Crippen LogP contribution in [0.4, 0.5) is 5.69 Å². The molecule has 24 heavy (non-hydrogen) atoms. The third-order valence-corrected chi connectivity index (χ3v) is 4.32. The van der Waals surface area contributed by atoms with E-state index in [2.05, 4.69) is 5.32 Å². The Morgan fingerprint density at radius 3 is 2.50 bits per heavy atom. The first kappa shape index (κ1) is 16.2. The molecular weight excluding hydrogens is 310 g/mol. The Morgan fingerprint density at radius 1 is 1.12 bits per heavy atom. The van der Waals surface area contributed by atoms with E-state index in [0.29, 0.717) is 11.3 Å². The highest BCUT2D eigenvalue weighted by molar-refractivity contribution is 6.25. The molecule has 2 aliphatic rings. The van der Waals surface area contributed by atoms with Crippen molar-refractivity contribution in [3.8, 4) is 0 Å². The molecule has 0 radical (unpaired) electrons. The first-order valence-corrected chi connectivity index (χ1v) is 7.90. The summed E-state index contributed by atoms with van der Waals surface area (Å²) in [4.78, 5) is 51.5. The summed E-state index contributed by atoms with van der Waals surface area (Å²) in [6.07, 6.45) is 0.303. The summed E-state index contributed by atoms with van der Waals surface area (Å²) in [5.41, 5.74) is 1.16. The summed E-state index contributed by atoms with van der Waals surface area (Å²) < 4.78 is 0. The van der Waals surface area contributed by atoms with Crippen LogP contribution in [0.3, 0.4) is 0 Å². The Bertz CT molecular complexity index is 756. The molecule has 2 aliphatic heterocycles. The van der Waals surface area contributed by atoms with Crippen molar-refractivity contribution >= 4 is 29.3 Å². The molecule has 0 spiro atoms. The maximum Gasteiger partial charge on any atom is 0.264 e. The number of hydrogen-bond donors (Lipinski definition) is 1. The largest absolute Gasteiger partial charge is 0.382 e. The molecule has 1 saturated heterocycles. The summed E-state index contributed by atoms with van der Waals surface area (Å²) in [6, 6.07) is 4.20. The molecule has 1 unspecified atom stereocenters. The van der Waals surface area contributed by atoms with Crippen LogP contribution in [0.15, 0.2) is 18.2 Å². The van der Waals surface area contributed by atoms with Gasteiger partial charge in [-0.05, 0) is 32.4 Å². The Morgan fingerprint density at radius 2 is 1.83 bits per heavy atom. The zero-order valence-electron chi connectivity index (χ0n) is 13.8. The number of likely N-dealkylation sites (N-methyl/N-ethyl adjacent to an activating group) is 1. The maximum atomic E-state index is 12.9. The molecule has 1 N–H and O–H groups in total. The normalized spacial score (nSPS) is 20.9. The lowest BCUT2D eigenvalue weighted by molar-refractivity contribution is -0.149. The van der Waals surface area contributed by atoms with Crippen molar-refractivity contribution in [2.24, 2.45) is 0 Å². The number of rotatable bonds is 3. The molecule has 7 heteroatoms. The lowest BCUT2D eigenvalue weighted by atomic mass is 10.0. The van der Waals surface area contributed by atoms with Crippen molar-refractivity contribution in [2.75, 3.05) is 12.4 Å². The van der Waals surface area contributed by atoms with Crippen LogP contribution in [0, 0.1) is 0 Å². The van der Waals surface area contributed by atoms with Gasteiger partial charge < -0.3 is 5.32 Å². The molecule has 1 fully saturated rings. The number of fused-ring (bicyclic) bond motifs is 1. The molecule has 0 aliphatic carbocycles. The summed E-state index contributed by atoms with van der Waals surface area (Å²) in [5.74, 6) is -1.78. The summed E-state index contributed by atoms with van der Waals surface area (Å²) in [5, 5.41) is 3.16. The monoisotopic (exact) mass is 329 g/mol. The Balaban J connectivity index is 1.99. The van der Waals surface area contributed by atoms with E-state index in [1.54, 1.807) is 18.2 Å². The number of nitrogens with zero attached hydrogens (tertiary/aromatic N) is 2. The van der Waals surface area contributed by atoms with E-state index in [1.807, 2.05) is 13.8 Å². The fraction of sp³-hybridized carbons (Fsp3) is 0.412. The number of hydrogen-bond acceptors (Lipinski definition) is 5. The highest BCUT2D eigenvalue weighted by Crippen LogP contribution is 2.33. The number of likely N-dealkylation sites (tertiary alicyclic amines) is 1. The van der Waals surface area contributed by atoms with Gasteiger partial charge in [0, 0.05) is 25.2 Å². The molecule has 1 atom stereocenters. The van der Waals surface area contributed by atoms with E-state index in [1.165, 1.54) is 7.05 Å². The van der Waals surface area contributed by atoms with Crippen molar-refractivity contribution in [1.82, 2.24) is 9.80 Å². The molecule has 0 bridgehead atoms. The van der Waals surface area contributed by atoms with E-state index in [-0.39, 0.29) is 30.4 Å². The van der Waals surface area contributed by atoms with E-state index in [4.69, 9.17) is 0 Å². The lowest BCUT2D eigenvalue weighted by Crippen LogP contribution is -2.54. The van der Waals surface area contributed by atoms with E-state index in [9.17, 15) is 19.2 Å². The van der Waals surface area contributed by atoms with Crippen LogP contribution >= 0.6 is 0 Å². The van der Waals surface area contributed by atoms with Gasteiger partial charge in [-0.3, -0.25) is 29.0 Å². The number of anilines is 1. The molecule has 2 heterocycles. The molecule has 0 saturated carbocycles. The summed E-state index contributed by atoms with van der Waals surface area (Å²) in [6.45, 7) is 3.87. The fourth-order valence-corrected chi connectivity index (χ4v) is 3.16. The quantitative estimate of drug-likeness (QED) is 0.844. The first-order chi connectivity index (χ1) is 11.3. The van der Waals surface area contributed by atoms with Crippen LogP contribution in [-0.4, -0.2) is 52.6 Å². The highest BCUT2D eigenvalue weighted by atomic mass is 16.2. The minimum Gasteiger partial charge on any atom is -0.382 e. The maximum absolute atomic E-state index is 12.9. The van der Waals surface area contributed by atoms with Gasteiger partial charge >= 0.3 is 0 Å². The molecule has 3 rings (SSSR count). The molecule has 1 aromatic carbocycles. The topological polar surface area (TPSA) is 86.8 Å². The molecule has 4 amide bonds. The molecule has 126 valence electrons. The Labute approximate surface area is 139 Å². The number of benzene rings is 1. The number of amides is 4. The molecule has 0 aromatic heterocycles. The second-order valence-corrected chi connectivity index (χ2v) is 6.35. The van der Waals surface area contributed by atoms with Crippen LogP contribution < -0.4 is 5.32 Å². The van der Waals surface area contributed by atoms with Crippen molar-refractivity contribution < 1.29 is 19.2 Å². The van der Waals surface area contributed by atoms with Crippen LogP contribution in [0.5, 0.6) is 0 Å². The minimum absolute atomic E-state index is 0.0912. The summed E-state index contributed by atoms with van der Waals surface area (Å²) in [7, 11) is 1.38. The van der Waals surface area contributed by atoms with Crippen molar-refractivity contribution in [3.63, 3.8) is 0 Å². The predicted molar refractivity (Wildman–Crippen MR) is 86.5 cm³/mol. The highest BCUT2D eigenvalue weighted by Gasteiger charge is 2.47. The van der Waals surface area contributed by atoms with Crippen molar-refractivity contribution in [1.29, 1.82) is 0 Å². The lowest BCUT2D eigenvalue weighted by Gasteiger charge is -2.32. The third kappa shape index (κ3) is 2.36. The third-order valence-electron chi connectivity index (χ3n) is 4.32. The SMILES string of the molecule is CC(C)Nc1cccc2c1C(=O)N(C1CCC(=O)N(C)C1=O)C2=O. The van der Waals surface area contributed by atoms with Gasteiger partial charge in [-0.1, -0.05) is 6.07 Å². The van der Waals surface area contributed by atoms with Crippen molar-refractivity contribution in [3.05, 3.63) is 29.3 Å². The van der Waals surface area contributed by atoms with Crippen LogP contribution in [0.1, 0.15) is 47.4 Å². The Hall–Kier alpha value is -2.70. The van der Waals surface area contributed by atoms with Crippen molar-refractivity contribution in [2.45, 2.75) is 38.8 Å². The number of carbonyl (C=O) groups is 4. The van der Waals surface area contributed by atoms with E-state index >= 15 is 0 Å². The number of piperidine rings is 1. The second kappa shape index (κ2) is 5.74. The van der Waals surface area contributed by atoms with Crippen LogP contribution in [0.2, 0.25) is 0 Å². The Kier molecular flexibility index (Phi) is 3.87. The van der Waals surface area contributed by atoms with Gasteiger partial charge in [0.15, 0.2) is 0 Å². The predicted octanol–water partition coefficient (Wildman–Crippen LogP) is 1.25. The van der Waals surface area contributed by atoms with Crippen LogP contribution in [-0.2, 0) is 9.59 Å². The number of imide groups is 2. The zero-order chi connectivity index (χ0) is 17.6. The number of carbonyl (C=O) groups excluding carboxylic acids is 4. The zero-order valence-corrected chi connectivity index (χ0v) is 13.8.